The van der Waals surface area contributed by atoms with Crippen LogP contribution >= 0.6 is 0 Å². The van der Waals surface area contributed by atoms with Crippen LogP contribution in [-0.2, 0) is 6.61 Å². The molecule has 1 amide bonds. The first-order valence-electron chi connectivity index (χ1n) is 6.46. The number of hydrogen-bond donors (Lipinski definition) is 2. The van der Waals surface area contributed by atoms with Crippen molar-refractivity contribution in [1.29, 1.82) is 0 Å². The van der Waals surface area contributed by atoms with Crippen LogP contribution < -0.4 is 10.1 Å². The summed E-state index contributed by atoms with van der Waals surface area (Å²) in [6.07, 6.45) is -1.31. The zero-order chi connectivity index (χ0) is 15.9. The smallest absolute Gasteiger partial charge is 0.272 e. The summed E-state index contributed by atoms with van der Waals surface area (Å²) < 4.78 is 28.9. The Morgan fingerprint density at radius 3 is 2.86 bits per heavy atom. The van der Waals surface area contributed by atoms with E-state index < -0.39 is 18.9 Å². The van der Waals surface area contributed by atoms with Gasteiger partial charge in [0.05, 0.1) is 6.61 Å². The number of anilines is 1. The van der Waals surface area contributed by atoms with E-state index in [0.717, 1.165) is 0 Å². The maximum atomic E-state index is 12.1. The van der Waals surface area contributed by atoms with Gasteiger partial charge in [-0.15, -0.1) is 0 Å². The number of carbonyl (C=O) groups excluding carboxylic acids is 1. The van der Waals surface area contributed by atoms with Gasteiger partial charge in [-0.05, 0) is 23.8 Å². The van der Waals surface area contributed by atoms with Crippen molar-refractivity contribution in [2.45, 2.75) is 13.0 Å². The molecule has 5 nitrogen and oxygen atoms in total. The number of aromatic nitrogens is 1. The molecule has 1 aromatic heterocycles. The third-order valence-corrected chi connectivity index (χ3v) is 2.72. The number of rotatable bonds is 6. The van der Waals surface area contributed by atoms with Gasteiger partial charge in [0, 0.05) is 23.5 Å². The number of carbonyl (C=O) groups is 1. The standard InChI is InChI=1S/C15H14F2N2O3/c16-13(17)9-22-14-7-11(4-5-18-14)15(21)19-12-3-1-2-10(6-12)8-20/h1-7,13,20H,8-9H2,(H,19,21). The van der Waals surface area contributed by atoms with Gasteiger partial charge in [-0.2, -0.15) is 0 Å². The number of aliphatic hydroxyl groups excluding tert-OH is 1. The first-order valence-corrected chi connectivity index (χ1v) is 6.46. The number of aliphatic hydroxyl groups is 1. The molecule has 0 aliphatic heterocycles. The summed E-state index contributed by atoms with van der Waals surface area (Å²) in [5, 5.41) is 11.7. The summed E-state index contributed by atoms with van der Waals surface area (Å²) >= 11 is 0. The molecule has 0 aliphatic carbocycles. The van der Waals surface area contributed by atoms with Gasteiger partial charge in [0.15, 0.2) is 6.61 Å². The second-order valence-electron chi connectivity index (χ2n) is 4.40. The third kappa shape index (κ3) is 4.49. The highest BCUT2D eigenvalue weighted by molar-refractivity contribution is 6.04. The van der Waals surface area contributed by atoms with Crippen LogP contribution in [0.2, 0.25) is 0 Å². The number of benzene rings is 1. The van der Waals surface area contributed by atoms with Gasteiger partial charge in [0.2, 0.25) is 5.88 Å². The van der Waals surface area contributed by atoms with Crippen molar-refractivity contribution >= 4 is 11.6 Å². The molecule has 1 aromatic carbocycles. The van der Waals surface area contributed by atoms with E-state index in [1.54, 1.807) is 24.3 Å². The highest BCUT2D eigenvalue weighted by Gasteiger charge is 2.10. The van der Waals surface area contributed by atoms with Crippen LogP contribution in [0.15, 0.2) is 42.6 Å². The van der Waals surface area contributed by atoms with Crippen molar-refractivity contribution in [2.75, 3.05) is 11.9 Å². The highest BCUT2D eigenvalue weighted by atomic mass is 19.3. The summed E-state index contributed by atoms with van der Waals surface area (Å²) in [6, 6.07) is 9.46. The first-order chi connectivity index (χ1) is 10.6. The predicted octanol–water partition coefficient (Wildman–Crippen LogP) is 2.47. The van der Waals surface area contributed by atoms with Crippen molar-refractivity contribution in [3.8, 4) is 5.88 Å². The largest absolute Gasteiger partial charge is 0.472 e. The molecule has 2 aromatic rings. The van der Waals surface area contributed by atoms with Gasteiger partial charge in [0.25, 0.3) is 12.3 Å². The van der Waals surface area contributed by atoms with Crippen LogP contribution in [0, 0.1) is 0 Å². The van der Waals surface area contributed by atoms with E-state index >= 15 is 0 Å². The second kappa shape index (κ2) is 7.46. The minimum atomic E-state index is -2.61. The molecule has 116 valence electrons. The Morgan fingerprint density at radius 2 is 2.14 bits per heavy atom. The summed E-state index contributed by atoms with van der Waals surface area (Å²) in [7, 11) is 0. The quantitative estimate of drug-likeness (QED) is 0.860. The molecular weight excluding hydrogens is 294 g/mol. The lowest BCUT2D eigenvalue weighted by molar-refractivity contribution is 0.0795. The van der Waals surface area contributed by atoms with Crippen molar-refractivity contribution < 1.29 is 23.4 Å². The molecular formula is C15H14F2N2O3. The number of ether oxygens (including phenoxy) is 1. The van der Waals surface area contributed by atoms with Crippen molar-refractivity contribution in [3.05, 3.63) is 53.7 Å². The Hall–Kier alpha value is -2.54. The molecule has 0 saturated heterocycles. The summed E-state index contributed by atoms with van der Waals surface area (Å²) in [5.74, 6) is -0.476. The maximum Gasteiger partial charge on any atom is 0.272 e. The van der Waals surface area contributed by atoms with Gasteiger partial charge >= 0.3 is 0 Å². The van der Waals surface area contributed by atoms with Crippen LogP contribution in [0.5, 0.6) is 5.88 Å². The molecule has 22 heavy (non-hydrogen) atoms. The van der Waals surface area contributed by atoms with Crippen LogP contribution in [0.25, 0.3) is 0 Å². The predicted molar refractivity (Wildman–Crippen MR) is 76.1 cm³/mol. The molecule has 1 heterocycles. The van der Waals surface area contributed by atoms with Crippen molar-refractivity contribution in [2.24, 2.45) is 0 Å². The number of hydrogen-bond acceptors (Lipinski definition) is 4. The summed E-state index contributed by atoms with van der Waals surface area (Å²) in [6.45, 7) is -0.915. The van der Waals surface area contributed by atoms with E-state index in [4.69, 9.17) is 9.84 Å². The fourth-order valence-corrected chi connectivity index (χ4v) is 1.73. The minimum Gasteiger partial charge on any atom is -0.472 e. The van der Waals surface area contributed by atoms with Crippen LogP contribution in [0.3, 0.4) is 0 Å². The van der Waals surface area contributed by atoms with E-state index in [2.05, 4.69) is 10.3 Å². The number of pyridine rings is 1. The first kappa shape index (κ1) is 15.8. The Bertz CT molecular complexity index is 650. The van der Waals surface area contributed by atoms with Crippen LogP contribution in [-0.4, -0.2) is 29.0 Å². The van der Waals surface area contributed by atoms with Gasteiger partial charge in [-0.1, -0.05) is 12.1 Å². The summed E-state index contributed by atoms with van der Waals surface area (Å²) in [5.41, 5.74) is 1.41. The number of nitrogens with one attached hydrogen (secondary N) is 1. The number of halogens is 2. The average molecular weight is 308 g/mol. The maximum absolute atomic E-state index is 12.1. The lowest BCUT2D eigenvalue weighted by Crippen LogP contribution is -2.13. The SMILES string of the molecule is O=C(Nc1cccc(CO)c1)c1ccnc(OCC(F)F)c1. The summed E-state index contributed by atoms with van der Waals surface area (Å²) in [4.78, 5) is 15.9. The fourth-order valence-electron chi connectivity index (χ4n) is 1.73. The van der Waals surface area contributed by atoms with E-state index in [-0.39, 0.29) is 18.1 Å². The van der Waals surface area contributed by atoms with Gasteiger partial charge in [-0.3, -0.25) is 4.79 Å². The number of alkyl halides is 2. The van der Waals surface area contributed by atoms with E-state index in [0.29, 0.717) is 11.3 Å². The Balaban J connectivity index is 2.07. The minimum absolute atomic E-state index is 0.0444. The molecule has 0 atom stereocenters. The van der Waals surface area contributed by atoms with E-state index in [1.165, 1.54) is 18.3 Å². The molecule has 0 radical (unpaired) electrons. The lowest BCUT2D eigenvalue weighted by Gasteiger charge is -2.08. The number of nitrogens with zero attached hydrogens (tertiary/aromatic N) is 1. The van der Waals surface area contributed by atoms with Gasteiger partial charge < -0.3 is 15.2 Å². The van der Waals surface area contributed by atoms with Gasteiger partial charge in [-0.25, -0.2) is 13.8 Å². The molecule has 0 saturated carbocycles. The normalized spacial score (nSPS) is 10.5. The van der Waals surface area contributed by atoms with Gasteiger partial charge in [0.1, 0.15) is 0 Å². The third-order valence-electron chi connectivity index (χ3n) is 2.72. The topological polar surface area (TPSA) is 71.5 Å². The molecule has 0 spiro atoms. The average Bonchev–Trinajstić information content (AvgIpc) is 2.53. The van der Waals surface area contributed by atoms with E-state index in [1.807, 2.05) is 0 Å². The lowest BCUT2D eigenvalue weighted by atomic mass is 10.2. The molecule has 0 fully saturated rings. The van der Waals surface area contributed by atoms with Crippen LogP contribution in [0.4, 0.5) is 14.5 Å². The van der Waals surface area contributed by atoms with Crippen molar-refractivity contribution in [1.82, 2.24) is 4.98 Å². The highest BCUT2D eigenvalue weighted by Crippen LogP contribution is 2.15. The fraction of sp³-hybridized carbons (Fsp3) is 0.200. The Labute approximate surface area is 125 Å². The van der Waals surface area contributed by atoms with Crippen molar-refractivity contribution in [3.63, 3.8) is 0 Å². The second-order valence-corrected chi connectivity index (χ2v) is 4.40. The Morgan fingerprint density at radius 1 is 1.32 bits per heavy atom. The zero-order valence-corrected chi connectivity index (χ0v) is 11.5. The zero-order valence-electron chi connectivity index (χ0n) is 11.5. The molecule has 0 bridgehead atoms. The van der Waals surface area contributed by atoms with Crippen LogP contribution in [0.1, 0.15) is 15.9 Å². The molecule has 0 aliphatic rings. The molecule has 0 unspecified atom stereocenters. The molecule has 2 rings (SSSR count). The molecule has 2 N–H and O–H groups in total. The molecule has 7 heteroatoms. The monoisotopic (exact) mass is 308 g/mol. The number of amides is 1. The van der Waals surface area contributed by atoms with E-state index in [9.17, 15) is 13.6 Å². The Kier molecular flexibility index (Phi) is 5.37.